The van der Waals surface area contributed by atoms with Gasteiger partial charge in [0.15, 0.2) is 0 Å². The summed E-state index contributed by atoms with van der Waals surface area (Å²) in [6, 6.07) is 2.30. The van der Waals surface area contributed by atoms with Crippen LogP contribution in [0.1, 0.15) is 17.3 Å². The van der Waals surface area contributed by atoms with Gasteiger partial charge in [0.05, 0.1) is 5.56 Å². The van der Waals surface area contributed by atoms with Crippen molar-refractivity contribution in [1.82, 2.24) is 10.2 Å². The van der Waals surface area contributed by atoms with Crippen LogP contribution in [0, 0.1) is 0 Å². The van der Waals surface area contributed by atoms with Gasteiger partial charge in [0.1, 0.15) is 0 Å². The van der Waals surface area contributed by atoms with Gasteiger partial charge in [0.2, 0.25) is 0 Å². The van der Waals surface area contributed by atoms with E-state index in [-0.39, 0.29) is 18.3 Å². The smallest absolute Gasteiger partial charge is 0.254 e. The lowest BCUT2D eigenvalue weighted by Gasteiger charge is -2.31. The van der Waals surface area contributed by atoms with Crippen molar-refractivity contribution in [2.24, 2.45) is 0 Å². The second kappa shape index (κ2) is 5.49. The number of carbonyl (C=O) groups is 1. The molecule has 2 rings (SSSR count). The molecule has 1 amide bonds. The maximum Gasteiger partial charge on any atom is 0.254 e. The number of hydrogen-bond acceptors (Lipinski definition) is 3. The van der Waals surface area contributed by atoms with E-state index in [0.717, 1.165) is 25.2 Å². The number of nitrogens with zero attached hydrogens (tertiary/aromatic N) is 1. The van der Waals surface area contributed by atoms with Gasteiger partial charge >= 0.3 is 0 Å². The highest BCUT2D eigenvalue weighted by molar-refractivity contribution is 7.08. The second-order valence-corrected chi connectivity index (χ2v) is 4.40. The van der Waals surface area contributed by atoms with Gasteiger partial charge in [0.25, 0.3) is 5.91 Å². The average Bonchev–Trinajstić information content (AvgIpc) is 2.69. The first-order chi connectivity index (χ1) is 6.77. The molecule has 5 heteroatoms. The van der Waals surface area contributed by atoms with E-state index in [9.17, 15) is 4.79 Å². The monoisotopic (exact) mass is 246 g/mol. The molecule has 1 fully saturated rings. The molecule has 0 saturated carbocycles. The van der Waals surface area contributed by atoms with Crippen molar-refractivity contribution in [1.29, 1.82) is 0 Å². The van der Waals surface area contributed by atoms with E-state index in [1.165, 1.54) is 0 Å². The average molecular weight is 247 g/mol. The number of hydrogen-bond donors (Lipinski definition) is 1. The fraction of sp³-hybridized carbons (Fsp3) is 0.500. The lowest BCUT2D eigenvalue weighted by atomic mass is 10.2. The lowest BCUT2D eigenvalue weighted by molar-refractivity contribution is 0.0709. The van der Waals surface area contributed by atoms with Crippen LogP contribution in [0.5, 0.6) is 0 Å². The molecule has 0 aliphatic carbocycles. The molecular weight excluding hydrogens is 232 g/mol. The van der Waals surface area contributed by atoms with E-state index in [0.29, 0.717) is 6.04 Å². The minimum absolute atomic E-state index is 0. The van der Waals surface area contributed by atoms with Crippen LogP contribution in [0.2, 0.25) is 0 Å². The van der Waals surface area contributed by atoms with E-state index < -0.39 is 0 Å². The number of thiophene rings is 1. The number of carbonyl (C=O) groups excluding carboxylic acids is 1. The first-order valence-corrected chi connectivity index (χ1v) is 5.76. The van der Waals surface area contributed by atoms with Crippen LogP contribution in [-0.4, -0.2) is 36.5 Å². The van der Waals surface area contributed by atoms with Gasteiger partial charge in [-0.25, -0.2) is 0 Å². The Morgan fingerprint density at radius 1 is 1.67 bits per heavy atom. The molecule has 0 radical (unpaired) electrons. The molecule has 1 aliphatic rings. The van der Waals surface area contributed by atoms with Gasteiger partial charge in [-0.2, -0.15) is 11.3 Å². The van der Waals surface area contributed by atoms with Gasteiger partial charge in [-0.15, -0.1) is 12.4 Å². The molecule has 1 aromatic heterocycles. The molecule has 1 N–H and O–H groups in total. The summed E-state index contributed by atoms with van der Waals surface area (Å²) >= 11 is 1.57. The summed E-state index contributed by atoms with van der Waals surface area (Å²) in [4.78, 5) is 13.8. The third kappa shape index (κ3) is 2.93. The van der Waals surface area contributed by atoms with Crippen molar-refractivity contribution < 1.29 is 4.79 Å². The van der Waals surface area contributed by atoms with Crippen molar-refractivity contribution in [2.75, 3.05) is 19.6 Å². The molecule has 1 aromatic rings. The van der Waals surface area contributed by atoms with Crippen molar-refractivity contribution in [3.8, 4) is 0 Å². The van der Waals surface area contributed by atoms with Crippen LogP contribution >= 0.6 is 23.7 Å². The molecular formula is C10H15ClN2OS. The van der Waals surface area contributed by atoms with Gasteiger partial charge in [-0.1, -0.05) is 0 Å². The number of piperazine rings is 1. The van der Waals surface area contributed by atoms with Gasteiger partial charge in [0, 0.05) is 31.1 Å². The van der Waals surface area contributed by atoms with E-state index in [4.69, 9.17) is 0 Å². The van der Waals surface area contributed by atoms with Crippen molar-refractivity contribution in [2.45, 2.75) is 13.0 Å². The molecule has 0 bridgehead atoms. The molecule has 1 unspecified atom stereocenters. The summed E-state index contributed by atoms with van der Waals surface area (Å²) in [5, 5.41) is 7.18. The van der Waals surface area contributed by atoms with Gasteiger partial charge in [-0.3, -0.25) is 4.79 Å². The van der Waals surface area contributed by atoms with E-state index in [2.05, 4.69) is 12.2 Å². The highest BCUT2D eigenvalue weighted by Gasteiger charge is 2.21. The predicted molar refractivity (Wildman–Crippen MR) is 64.9 cm³/mol. The quantitative estimate of drug-likeness (QED) is 0.817. The Labute approximate surface area is 99.9 Å². The highest BCUT2D eigenvalue weighted by atomic mass is 35.5. The number of halogens is 1. The van der Waals surface area contributed by atoms with E-state index in [1.54, 1.807) is 11.3 Å². The minimum atomic E-state index is 0. The fourth-order valence-corrected chi connectivity index (χ4v) is 2.32. The zero-order valence-electron chi connectivity index (χ0n) is 8.60. The number of amides is 1. The van der Waals surface area contributed by atoms with E-state index in [1.807, 2.05) is 21.7 Å². The number of rotatable bonds is 1. The summed E-state index contributed by atoms with van der Waals surface area (Å²) in [5.74, 6) is 0.166. The van der Waals surface area contributed by atoms with Gasteiger partial charge < -0.3 is 10.2 Å². The van der Waals surface area contributed by atoms with Crippen LogP contribution in [-0.2, 0) is 0 Å². The molecule has 0 aromatic carbocycles. The molecule has 1 aliphatic heterocycles. The van der Waals surface area contributed by atoms with E-state index >= 15 is 0 Å². The standard InChI is InChI=1S/C10H14N2OS.ClH/c1-8-6-12(4-3-11-8)10(13)9-2-5-14-7-9;/h2,5,7-8,11H,3-4,6H2,1H3;1H. The summed E-state index contributed by atoms with van der Waals surface area (Å²) in [6.45, 7) is 4.64. The SMILES string of the molecule is CC1CN(C(=O)c2ccsc2)CCN1.Cl. The molecule has 84 valence electrons. The summed E-state index contributed by atoms with van der Waals surface area (Å²) in [6.07, 6.45) is 0. The van der Waals surface area contributed by atoms with Crippen LogP contribution in [0.4, 0.5) is 0 Å². The van der Waals surface area contributed by atoms with Gasteiger partial charge in [-0.05, 0) is 18.4 Å². The first-order valence-electron chi connectivity index (χ1n) is 4.82. The molecule has 3 nitrogen and oxygen atoms in total. The Morgan fingerprint density at radius 3 is 3.07 bits per heavy atom. The van der Waals surface area contributed by atoms with Crippen molar-refractivity contribution in [3.05, 3.63) is 22.4 Å². The highest BCUT2D eigenvalue weighted by Crippen LogP contribution is 2.11. The molecule has 1 atom stereocenters. The lowest BCUT2D eigenvalue weighted by Crippen LogP contribution is -2.51. The molecule has 1 saturated heterocycles. The van der Waals surface area contributed by atoms with Crippen LogP contribution < -0.4 is 5.32 Å². The Hall–Kier alpha value is -0.580. The second-order valence-electron chi connectivity index (χ2n) is 3.62. The Morgan fingerprint density at radius 2 is 2.47 bits per heavy atom. The summed E-state index contributed by atoms with van der Waals surface area (Å²) < 4.78 is 0. The maximum absolute atomic E-state index is 11.9. The molecule has 15 heavy (non-hydrogen) atoms. The van der Waals surface area contributed by atoms with Crippen molar-refractivity contribution >= 4 is 29.7 Å². The van der Waals surface area contributed by atoms with Crippen LogP contribution in [0.3, 0.4) is 0 Å². The fourth-order valence-electron chi connectivity index (χ4n) is 1.69. The summed E-state index contributed by atoms with van der Waals surface area (Å²) in [7, 11) is 0. The Kier molecular flexibility index (Phi) is 4.57. The first kappa shape index (κ1) is 12.5. The van der Waals surface area contributed by atoms with Crippen molar-refractivity contribution in [3.63, 3.8) is 0 Å². The zero-order valence-corrected chi connectivity index (χ0v) is 10.2. The topological polar surface area (TPSA) is 32.3 Å². The third-order valence-electron chi connectivity index (χ3n) is 2.42. The number of nitrogens with one attached hydrogen (secondary N) is 1. The third-order valence-corrected chi connectivity index (χ3v) is 3.11. The minimum Gasteiger partial charge on any atom is -0.336 e. The van der Waals surface area contributed by atoms with Crippen LogP contribution in [0.25, 0.3) is 0 Å². The zero-order chi connectivity index (χ0) is 9.97. The summed E-state index contributed by atoms with van der Waals surface area (Å²) in [5.41, 5.74) is 0.823. The molecule has 2 heterocycles. The Bertz CT molecular complexity index is 315. The predicted octanol–water partition coefficient (Wildman–Crippen LogP) is 1.60. The maximum atomic E-state index is 11.9. The molecule has 0 spiro atoms. The largest absolute Gasteiger partial charge is 0.336 e. The normalized spacial score (nSPS) is 20.9. The Balaban J connectivity index is 0.00000112. The van der Waals surface area contributed by atoms with Crippen LogP contribution in [0.15, 0.2) is 16.8 Å².